The average molecular weight is 368 g/mol. The van der Waals surface area contributed by atoms with Gasteiger partial charge in [-0.3, -0.25) is 4.79 Å². The molecule has 0 aliphatic heterocycles. The van der Waals surface area contributed by atoms with E-state index < -0.39 is 5.91 Å². The molecule has 0 atom stereocenters. The van der Waals surface area contributed by atoms with Crippen molar-refractivity contribution in [2.75, 3.05) is 0 Å². The molecule has 0 spiro atoms. The number of fused-ring (bicyclic) bond motifs is 3. The summed E-state index contributed by atoms with van der Waals surface area (Å²) < 4.78 is 2.08. The summed E-state index contributed by atoms with van der Waals surface area (Å²) in [6.07, 6.45) is 0. The molecule has 1 amide bonds. The van der Waals surface area contributed by atoms with Gasteiger partial charge < -0.3 is 10.3 Å². The van der Waals surface area contributed by atoms with Crippen LogP contribution < -0.4 is 5.73 Å². The number of carbonyl (C=O) groups is 1. The quantitative estimate of drug-likeness (QED) is 0.541. The number of carbonyl (C=O) groups excluding carboxylic acids is 1. The monoisotopic (exact) mass is 367 g/mol. The summed E-state index contributed by atoms with van der Waals surface area (Å²) in [5.41, 5.74) is 8.81. The Kier molecular flexibility index (Phi) is 3.91. The summed E-state index contributed by atoms with van der Waals surface area (Å²) in [6.45, 7) is 0.552. The number of benzene rings is 3. The fourth-order valence-electron chi connectivity index (χ4n) is 3.20. The van der Waals surface area contributed by atoms with Gasteiger partial charge in [-0.2, -0.15) is 0 Å². The minimum atomic E-state index is -0.467. The molecule has 0 saturated carbocycles. The van der Waals surface area contributed by atoms with Crippen molar-refractivity contribution in [3.63, 3.8) is 0 Å². The number of hydrogen-bond donors (Lipinski definition) is 1. The molecular formula is C20H13Cl2N2O. The molecule has 4 rings (SSSR count). The first-order valence-electron chi connectivity index (χ1n) is 7.71. The zero-order valence-corrected chi connectivity index (χ0v) is 14.6. The maximum absolute atomic E-state index is 11.9. The SMILES string of the molecule is NC(=O)c1cccc2c1c1[c]cc(Cl)cc1n2Cc1ccccc1Cl. The molecule has 1 heterocycles. The van der Waals surface area contributed by atoms with Crippen LogP contribution >= 0.6 is 23.2 Å². The predicted molar refractivity (Wildman–Crippen MR) is 102 cm³/mol. The van der Waals surface area contributed by atoms with Crippen molar-refractivity contribution in [2.45, 2.75) is 6.54 Å². The molecule has 0 aliphatic carbocycles. The second-order valence-electron chi connectivity index (χ2n) is 5.82. The maximum Gasteiger partial charge on any atom is 0.249 e. The Hall–Kier alpha value is -2.49. The zero-order chi connectivity index (χ0) is 17.6. The van der Waals surface area contributed by atoms with Crippen LogP contribution in [0.5, 0.6) is 0 Å². The largest absolute Gasteiger partial charge is 0.366 e. The number of primary amides is 1. The average Bonchev–Trinajstić information content (AvgIpc) is 2.90. The fraction of sp³-hybridized carbons (Fsp3) is 0.0500. The Labute approximate surface area is 154 Å². The Morgan fingerprint density at radius 3 is 2.64 bits per heavy atom. The lowest BCUT2D eigenvalue weighted by molar-refractivity contribution is 0.100. The zero-order valence-electron chi connectivity index (χ0n) is 13.1. The van der Waals surface area contributed by atoms with Crippen LogP contribution in [0.25, 0.3) is 21.8 Å². The molecule has 4 aromatic rings. The van der Waals surface area contributed by atoms with Crippen molar-refractivity contribution in [1.29, 1.82) is 0 Å². The van der Waals surface area contributed by atoms with Gasteiger partial charge in [0.05, 0.1) is 11.0 Å². The van der Waals surface area contributed by atoms with E-state index in [4.69, 9.17) is 28.9 Å². The molecule has 0 saturated heterocycles. The predicted octanol–water partition coefficient (Wildman–Crippen LogP) is 5.05. The second-order valence-corrected chi connectivity index (χ2v) is 6.66. The minimum absolute atomic E-state index is 0.467. The van der Waals surface area contributed by atoms with E-state index in [0.717, 1.165) is 27.4 Å². The third-order valence-electron chi connectivity index (χ3n) is 4.31. The highest BCUT2D eigenvalue weighted by atomic mass is 35.5. The van der Waals surface area contributed by atoms with Crippen molar-refractivity contribution in [3.8, 4) is 0 Å². The number of nitrogens with two attached hydrogens (primary N) is 1. The van der Waals surface area contributed by atoms with E-state index in [1.807, 2.05) is 42.5 Å². The smallest absolute Gasteiger partial charge is 0.249 e. The standard InChI is InChI=1S/C20H13Cl2N2O/c21-13-8-9-14-18(10-13)24(11-12-4-1-2-6-16(12)22)17-7-3-5-15(19(14)17)20(23)25/h1-8,10H,11H2,(H2,23,25). The van der Waals surface area contributed by atoms with Gasteiger partial charge in [-0.25, -0.2) is 0 Å². The summed E-state index contributed by atoms with van der Waals surface area (Å²) in [4.78, 5) is 11.9. The summed E-state index contributed by atoms with van der Waals surface area (Å²) in [5.74, 6) is -0.467. The van der Waals surface area contributed by atoms with E-state index in [0.29, 0.717) is 22.2 Å². The molecule has 3 nitrogen and oxygen atoms in total. The van der Waals surface area contributed by atoms with Gasteiger partial charge in [-0.15, -0.1) is 0 Å². The van der Waals surface area contributed by atoms with Crippen molar-refractivity contribution in [1.82, 2.24) is 4.57 Å². The first-order chi connectivity index (χ1) is 12.1. The second kappa shape index (κ2) is 6.10. The van der Waals surface area contributed by atoms with Crippen molar-refractivity contribution < 1.29 is 4.79 Å². The Bertz CT molecular complexity index is 1130. The number of nitrogens with zero attached hydrogens (tertiary/aromatic N) is 1. The van der Waals surface area contributed by atoms with Gasteiger partial charge in [0.15, 0.2) is 0 Å². The van der Waals surface area contributed by atoms with E-state index in [-0.39, 0.29) is 0 Å². The summed E-state index contributed by atoms with van der Waals surface area (Å²) in [6, 6.07) is 19.9. The van der Waals surface area contributed by atoms with Crippen LogP contribution in [-0.2, 0) is 6.54 Å². The third kappa shape index (κ3) is 2.66. The van der Waals surface area contributed by atoms with Crippen LogP contribution in [0.15, 0.2) is 54.6 Å². The van der Waals surface area contributed by atoms with Gasteiger partial charge in [0, 0.05) is 32.9 Å². The van der Waals surface area contributed by atoms with Gasteiger partial charge in [0.1, 0.15) is 0 Å². The van der Waals surface area contributed by atoms with Gasteiger partial charge in [-0.1, -0.05) is 47.5 Å². The van der Waals surface area contributed by atoms with Gasteiger partial charge in [0.2, 0.25) is 5.91 Å². The van der Waals surface area contributed by atoms with E-state index in [2.05, 4.69) is 10.6 Å². The van der Waals surface area contributed by atoms with Crippen molar-refractivity contribution in [3.05, 3.63) is 81.8 Å². The summed E-state index contributed by atoms with van der Waals surface area (Å²) in [7, 11) is 0. The Balaban J connectivity index is 2.08. The van der Waals surface area contributed by atoms with Crippen LogP contribution in [0, 0.1) is 6.07 Å². The van der Waals surface area contributed by atoms with Crippen molar-refractivity contribution >= 4 is 50.9 Å². The van der Waals surface area contributed by atoms with Crippen LogP contribution in [0.1, 0.15) is 15.9 Å². The Morgan fingerprint density at radius 2 is 1.88 bits per heavy atom. The topological polar surface area (TPSA) is 48.0 Å². The maximum atomic E-state index is 11.9. The molecule has 1 radical (unpaired) electrons. The van der Waals surface area contributed by atoms with Crippen LogP contribution in [0.4, 0.5) is 0 Å². The molecule has 0 unspecified atom stereocenters. The highest BCUT2D eigenvalue weighted by Gasteiger charge is 2.17. The molecule has 0 fully saturated rings. The first kappa shape index (κ1) is 16.0. The van der Waals surface area contributed by atoms with Crippen LogP contribution in [-0.4, -0.2) is 10.5 Å². The number of amides is 1. The molecule has 3 aromatic carbocycles. The first-order valence-corrected chi connectivity index (χ1v) is 8.47. The van der Waals surface area contributed by atoms with Crippen LogP contribution in [0.3, 0.4) is 0 Å². The minimum Gasteiger partial charge on any atom is -0.366 e. The lowest BCUT2D eigenvalue weighted by Gasteiger charge is -2.09. The third-order valence-corrected chi connectivity index (χ3v) is 4.90. The van der Waals surface area contributed by atoms with E-state index in [1.165, 1.54) is 0 Å². The van der Waals surface area contributed by atoms with Crippen molar-refractivity contribution in [2.24, 2.45) is 5.73 Å². The number of aromatic nitrogens is 1. The van der Waals surface area contributed by atoms with E-state index in [1.54, 1.807) is 12.1 Å². The molecular weight excluding hydrogens is 355 g/mol. The number of rotatable bonds is 3. The van der Waals surface area contributed by atoms with Crippen LogP contribution in [0.2, 0.25) is 10.0 Å². The molecule has 123 valence electrons. The number of halogens is 2. The highest BCUT2D eigenvalue weighted by molar-refractivity contribution is 6.32. The molecule has 0 bridgehead atoms. The molecule has 5 heteroatoms. The lowest BCUT2D eigenvalue weighted by atomic mass is 10.1. The summed E-state index contributed by atoms with van der Waals surface area (Å²) >= 11 is 12.5. The number of hydrogen-bond acceptors (Lipinski definition) is 1. The van der Waals surface area contributed by atoms with E-state index >= 15 is 0 Å². The van der Waals surface area contributed by atoms with Gasteiger partial charge in [0.25, 0.3) is 0 Å². The lowest BCUT2D eigenvalue weighted by Crippen LogP contribution is -2.11. The van der Waals surface area contributed by atoms with Gasteiger partial charge in [-0.05, 0) is 42.0 Å². The summed E-state index contributed by atoms with van der Waals surface area (Å²) in [5, 5.41) is 2.88. The molecule has 0 aliphatic rings. The molecule has 25 heavy (non-hydrogen) atoms. The Morgan fingerprint density at radius 1 is 1.08 bits per heavy atom. The molecule has 1 aromatic heterocycles. The highest BCUT2D eigenvalue weighted by Crippen LogP contribution is 2.34. The normalized spacial score (nSPS) is 11.3. The van der Waals surface area contributed by atoms with E-state index in [9.17, 15) is 4.79 Å². The fourth-order valence-corrected chi connectivity index (χ4v) is 3.56. The van der Waals surface area contributed by atoms with Gasteiger partial charge >= 0.3 is 0 Å². The molecule has 2 N–H and O–H groups in total.